The van der Waals surface area contributed by atoms with Crippen LogP contribution in [0.3, 0.4) is 0 Å². The smallest absolute Gasteiger partial charge is 0.0487 e. The third-order valence-electron chi connectivity index (χ3n) is 6.29. The molecule has 0 saturated carbocycles. The molecular weight excluding hydrogens is 363 g/mol. The normalized spacial score (nSPS) is 22.1. The molecule has 0 radical (unpaired) electrons. The maximum atomic E-state index is 6.36. The molecule has 2 atom stereocenters. The fraction of sp³-hybridized carbons (Fsp3) is 0.364. The first-order valence-electron chi connectivity index (χ1n) is 9.38. The highest BCUT2D eigenvalue weighted by Gasteiger charge is 2.40. The van der Waals surface area contributed by atoms with E-state index >= 15 is 0 Å². The lowest BCUT2D eigenvalue weighted by atomic mass is 9.97. The highest BCUT2D eigenvalue weighted by molar-refractivity contribution is 6.31. The van der Waals surface area contributed by atoms with Crippen LogP contribution >= 0.6 is 23.2 Å². The van der Waals surface area contributed by atoms with Gasteiger partial charge in [0, 0.05) is 51.7 Å². The average molecular weight is 385 g/mol. The van der Waals surface area contributed by atoms with Gasteiger partial charge in [-0.25, -0.2) is 0 Å². The van der Waals surface area contributed by atoms with E-state index in [0.717, 1.165) is 29.4 Å². The van der Waals surface area contributed by atoms with Crippen molar-refractivity contribution in [3.05, 3.63) is 69.3 Å². The zero-order chi connectivity index (χ0) is 17.8. The van der Waals surface area contributed by atoms with E-state index in [1.165, 1.54) is 40.6 Å². The Balaban J connectivity index is 1.60. The second-order valence-electron chi connectivity index (χ2n) is 7.67. The lowest BCUT2D eigenvalue weighted by Gasteiger charge is -2.32. The molecular formula is C22H22Cl2N2. The predicted octanol–water partition coefficient (Wildman–Crippen LogP) is 5.88. The van der Waals surface area contributed by atoms with Crippen molar-refractivity contribution in [2.45, 2.75) is 44.3 Å². The Morgan fingerprint density at radius 3 is 2.73 bits per heavy atom. The highest BCUT2D eigenvalue weighted by atomic mass is 35.5. The predicted molar refractivity (Wildman–Crippen MR) is 109 cm³/mol. The third-order valence-corrected chi connectivity index (χ3v) is 6.76. The van der Waals surface area contributed by atoms with Crippen molar-refractivity contribution >= 4 is 34.1 Å². The highest BCUT2D eigenvalue weighted by Crippen LogP contribution is 2.47. The minimum atomic E-state index is 0.539. The zero-order valence-electron chi connectivity index (χ0n) is 14.9. The number of fused-ring (bicyclic) bond motifs is 6. The summed E-state index contributed by atoms with van der Waals surface area (Å²) in [5.41, 5.74) is 5.65. The van der Waals surface area contributed by atoms with E-state index in [2.05, 4.69) is 40.8 Å². The first-order valence-corrected chi connectivity index (χ1v) is 10.1. The lowest BCUT2D eigenvalue weighted by molar-refractivity contribution is 0.222. The quantitative estimate of drug-likeness (QED) is 0.546. The first kappa shape index (κ1) is 16.7. The van der Waals surface area contributed by atoms with Crippen molar-refractivity contribution in [3.8, 4) is 0 Å². The fourth-order valence-electron chi connectivity index (χ4n) is 5.02. The number of benzene rings is 2. The summed E-state index contributed by atoms with van der Waals surface area (Å²) in [6.07, 6.45) is 4.69. The van der Waals surface area contributed by atoms with Gasteiger partial charge in [0.05, 0.1) is 0 Å². The van der Waals surface area contributed by atoms with Crippen LogP contribution in [0, 0.1) is 0 Å². The number of aromatic nitrogens is 1. The molecule has 1 saturated heterocycles. The van der Waals surface area contributed by atoms with Crippen LogP contribution in [-0.2, 0) is 19.4 Å². The van der Waals surface area contributed by atoms with Gasteiger partial charge in [0.2, 0.25) is 0 Å². The Labute approximate surface area is 164 Å². The van der Waals surface area contributed by atoms with Gasteiger partial charge in [-0.1, -0.05) is 35.3 Å². The number of hydrogen-bond donors (Lipinski definition) is 0. The van der Waals surface area contributed by atoms with Gasteiger partial charge in [0.25, 0.3) is 0 Å². The molecule has 2 aliphatic rings. The van der Waals surface area contributed by atoms with Crippen molar-refractivity contribution in [2.75, 3.05) is 7.05 Å². The van der Waals surface area contributed by atoms with E-state index in [9.17, 15) is 0 Å². The zero-order valence-corrected chi connectivity index (χ0v) is 16.4. The summed E-state index contributed by atoms with van der Waals surface area (Å²) in [6.45, 7) is 0.983. The van der Waals surface area contributed by atoms with Crippen molar-refractivity contribution in [1.29, 1.82) is 0 Å². The van der Waals surface area contributed by atoms with Crippen LogP contribution in [0.2, 0.25) is 10.0 Å². The van der Waals surface area contributed by atoms with Crippen LogP contribution in [0.1, 0.15) is 35.7 Å². The monoisotopic (exact) mass is 384 g/mol. The van der Waals surface area contributed by atoms with Crippen molar-refractivity contribution in [3.63, 3.8) is 0 Å². The van der Waals surface area contributed by atoms with Crippen LogP contribution in [0.4, 0.5) is 0 Å². The van der Waals surface area contributed by atoms with E-state index in [1.807, 2.05) is 18.2 Å². The Kier molecular flexibility index (Phi) is 4.04. The molecule has 0 amide bonds. The number of aryl methyl sites for hydroxylation is 2. The van der Waals surface area contributed by atoms with Gasteiger partial charge in [0.1, 0.15) is 0 Å². The third kappa shape index (κ3) is 2.58. The molecule has 5 rings (SSSR count). The summed E-state index contributed by atoms with van der Waals surface area (Å²) >= 11 is 12.5. The number of hydrogen-bond acceptors (Lipinski definition) is 1. The molecule has 134 valence electrons. The van der Waals surface area contributed by atoms with Gasteiger partial charge >= 0.3 is 0 Å². The van der Waals surface area contributed by atoms with Crippen molar-refractivity contribution < 1.29 is 0 Å². The number of halogens is 2. The van der Waals surface area contributed by atoms with Crippen molar-refractivity contribution in [1.82, 2.24) is 9.47 Å². The topological polar surface area (TPSA) is 8.17 Å². The molecule has 2 aliphatic heterocycles. The van der Waals surface area contributed by atoms with Gasteiger partial charge in [0.15, 0.2) is 0 Å². The summed E-state index contributed by atoms with van der Waals surface area (Å²) in [5, 5.41) is 2.99. The molecule has 2 unspecified atom stereocenters. The Morgan fingerprint density at radius 1 is 1.04 bits per heavy atom. The standard InChI is InChI=1S/C22H22Cl2N2/c1-25-17-6-8-20(25)22-18-12-16(24)5-7-19(18)26(21(22)13-17)10-9-14-3-2-4-15(23)11-14/h2-5,7,11-12,17,20H,6,8-10,13H2,1H3. The molecule has 0 spiro atoms. The number of rotatable bonds is 3. The van der Waals surface area contributed by atoms with E-state index in [1.54, 1.807) is 0 Å². The average Bonchev–Trinajstić information content (AvgIpc) is 3.03. The summed E-state index contributed by atoms with van der Waals surface area (Å²) in [7, 11) is 2.28. The largest absolute Gasteiger partial charge is 0.344 e. The van der Waals surface area contributed by atoms with Crippen LogP contribution in [0.25, 0.3) is 10.9 Å². The second-order valence-corrected chi connectivity index (χ2v) is 8.54. The summed E-state index contributed by atoms with van der Waals surface area (Å²) < 4.78 is 2.54. The Morgan fingerprint density at radius 2 is 1.88 bits per heavy atom. The summed E-state index contributed by atoms with van der Waals surface area (Å²) in [5.74, 6) is 0. The van der Waals surface area contributed by atoms with E-state index in [0.29, 0.717) is 12.1 Å². The van der Waals surface area contributed by atoms with Gasteiger partial charge < -0.3 is 4.57 Å². The molecule has 2 bridgehead atoms. The minimum absolute atomic E-state index is 0.539. The minimum Gasteiger partial charge on any atom is -0.344 e. The molecule has 26 heavy (non-hydrogen) atoms. The van der Waals surface area contributed by atoms with E-state index < -0.39 is 0 Å². The van der Waals surface area contributed by atoms with Gasteiger partial charge in [-0.3, -0.25) is 4.90 Å². The molecule has 2 aromatic carbocycles. The first-order chi connectivity index (χ1) is 12.6. The molecule has 0 aliphatic carbocycles. The Bertz CT molecular complexity index is 991. The molecule has 4 heteroatoms. The molecule has 0 N–H and O–H groups in total. The number of likely N-dealkylation sites (N-methyl/N-ethyl adjacent to an activating group) is 1. The SMILES string of the molecule is CN1C2CCC1c1c(n(CCc3cccc(Cl)c3)c3ccc(Cl)cc13)C2. The molecule has 3 heterocycles. The fourth-order valence-corrected chi connectivity index (χ4v) is 5.40. The van der Waals surface area contributed by atoms with Crippen LogP contribution < -0.4 is 0 Å². The molecule has 1 fully saturated rings. The van der Waals surface area contributed by atoms with Crippen LogP contribution in [0.15, 0.2) is 42.5 Å². The van der Waals surface area contributed by atoms with Crippen LogP contribution in [0.5, 0.6) is 0 Å². The van der Waals surface area contributed by atoms with Gasteiger partial charge in [-0.2, -0.15) is 0 Å². The van der Waals surface area contributed by atoms with Crippen molar-refractivity contribution in [2.24, 2.45) is 0 Å². The van der Waals surface area contributed by atoms with Gasteiger partial charge in [-0.05, 0) is 67.8 Å². The van der Waals surface area contributed by atoms with E-state index in [-0.39, 0.29) is 0 Å². The summed E-state index contributed by atoms with van der Waals surface area (Å²) in [4.78, 5) is 2.57. The maximum Gasteiger partial charge on any atom is 0.0487 e. The number of nitrogens with zero attached hydrogens (tertiary/aromatic N) is 2. The lowest BCUT2D eigenvalue weighted by Crippen LogP contribution is -2.34. The second kappa shape index (κ2) is 6.30. The molecule has 3 aromatic rings. The van der Waals surface area contributed by atoms with Crippen LogP contribution in [-0.4, -0.2) is 22.6 Å². The Hall–Kier alpha value is -1.48. The van der Waals surface area contributed by atoms with E-state index in [4.69, 9.17) is 23.2 Å². The summed E-state index contributed by atoms with van der Waals surface area (Å²) in [6, 6.07) is 15.8. The molecule has 1 aromatic heterocycles. The maximum absolute atomic E-state index is 6.36. The van der Waals surface area contributed by atoms with Gasteiger partial charge in [-0.15, -0.1) is 0 Å². The molecule has 2 nitrogen and oxygen atoms in total.